The van der Waals surface area contributed by atoms with Crippen molar-refractivity contribution < 1.29 is 32.3 Å². The predicted molar refractivity (Wildman–Crippen MR) is 137 cm³/mol. The van der Waals surface area contributed by atoms with Gasteiger partial charge in [-0.1, -0.05) is 29.8 Å². The molecule has 0 aromatic heterocycles. The summed E-state index contributed by atoms with van der Waals surface area (Å²) in [5, 5.41) is 2.70. The van der Waals surface area contributed by atoms with Crippen molar-refractivity contribution in [3.63, 3.8) is 0 Å². The first-order valence-corrected chi connectivity index (χ1v) is 13.5. The molecule has 1 heterocycles. The molecule has 0 spiro atoms. The van der Waals surface area contributed by atoms with Crippen LogP contribution >= 0.6 is 0 Å². The molecule has 3 rings (SSSR count). The number of nitrogens with zero attached hydrogens (tertiary/aromatic N) is 2. The Hall–Kier alpha value is -3.44. The number of sulfonamides is 1. The molecule has 1 aliphatic rings. The van der Waals surface area contributed by atoms with E-state index in [1.54, 1.807) is 57.4 Å². The van der Waals surface area contributed by atoms with Crippen LogP contribution in [0.4, 0.5) is 4.79 Å². The van der Waals surface area contributed by atoms with Crippen molar-refractivity contribution in [3.05, 3.63) is 59.7 Å². The highest BCUT2D eigenvalue weighted by Gasteiger charge is 2.40. The van der Waals surface area contributed by atoms with Crippen LogP contribution in [0, 0.1) is 6.92 Å². The summed E-state index contributed by atoms with van der Waals surface area (Å²) in [4.78, 5) is 39.3. The highest BCUT2D eigenvalue weighted by Crippen LogP contribution is 2.27. The molecule has 0 bridgehead atoms. The van der Waals surface area contributed by atoms with Gasteiger partial charge in [-0.25, -0.2) is 18.0 Å². The Labute approximate surface area is 217 Å². The first-order chi connectivity index (χ1) is 17.5. The third-order valence-corrected chi connectivity index (χ3v) is 7.85. The van der Waals surface area contributed by atoms with Gasteiger partial charge >= 0.3 is 12.1 Å². The molecule has 37 heavy (non-hydrogen) atoms. The van der Waals surface area contributed by atoms with E-state index >= 15 is 0 Å². The van der Waals surface area contributed by atoms with Crippen LogP contribution in [0.5, 0.6) is 5.75 Å². The van der Waals surface area contributed by atoms with Crippen LogP contribution in [-0.2, 0) is 30.8 Å². The molecule has 11 heteroatoms. The second-order valence-corrected chi connectivity index (χ2v) is 10.9. The highest BCUT2D eigenvalue weighted by molar-refractivity contribution is 7.89. The van der Waals surface area contributed by atoms with Crippen molar-refractivity contribution in [2.24, 2.45) is 0 Å². The molecule has 0 radical (unpaired) electrons. The number of nitrogens with one attached hydrogen (secondary N) is 1. The molecule has 0 unspecified atom stereocenters. The van der Waals surface area contributed by atoms with Crippen molar-refractivity contribution in [3.8, 4) is 5.75 Å². The highest BCUT2D eigenvalue weighted by atomic mass is 32.2. The summed E-state index contributed by atoms with van der Waals surface area (Å²) in [6.07, 6.45) is 0.369. The molecular formula is C26H33N3O7S. The zero-order valence-corrected chi connectivity index (χ0v) is 22.3. The van der Waals surface area contributed by atoms with Gasteiger partial charge in [0.05, 0.1) is 11.5 Å². The summed E-state index contributed by atoms with van der Waals surface area (Å²) >= 11 is 0. The van der Waals surface area contributed by atoms with E-state index in [1.165, 1.54) is 21.3 Å². The van der Waals surface area contributed by atoms with Gasteiger partial charge in [-0.05, 0) is 56.5 Å². The summed E-state index contributed by atoms with van der Waals surface area (Å²) in [6, 6.07) is 11.1. The molecule has 200 valence electrons. The number of carbonyl (C=O) groups excluding carboxylic acids is 3. The van der Waals surface area contributed by atoms with E-state index in [4.69, 9.17) is 9.47 Å². The van der Waals surface area contributed by atoms with Gasteiger partial charge in [0, 0.05) is 27.1 Å². The van der Waals surface area contributed by atoms with Gasteiger partial charge in [0.15, 0.2) is 0 Å². The maximum absolute atomic E-state index is 13.3. The van der Waals surface area contributed by atoms with Crippen LogP contribution in [0.3, 0.4) is 0 Å². The number of ether oxygens (including phenoxy) is 2. The quantitative estimate of drug-likeness (QED) is 0.493. The number of rotatable bonds is 9. The van der Waals surface area contributed by atoms with Gasteiger partial charge in [-0.3, -0.25) is 4.79 Å². The van der Waals surface area contributed by atoms with E-state index in [0.29, 0.717) is 18.4 Å². The Bertz CT molecular complexity index is 1230. The Morgan fingerprint density at radius 3 is 2.49 bits per heavy atom. The monoisotopic (exact) mass is 531 g/mol. The maximum Gasteiger partial charge on any atom is 0.414 e. The summed E-state index contributed by atoms with van der Waals surface area (Å²) in [5.74, 6) is -0.921. The molecule has 2 amide bonds. The van der Waals surface area contributed by atoms with Crippen molar-refractivity contribution in [2.45, 2.75) is 50.1 Å². The molecule has 1 saturated heterocycles. The molecule has 0 aliphatic carbocycles. The van der Waals surface area contributed by atoms with E-state index in [1.807, 2.05) is 6.92 Å². The fourth-order valence-corrected chi connectivity index (χ4v) is 5.66. The molecule has 1 fully saturated rings. The van der Waals surface area contributed by atoms with Crippen LogP contribution in [0.2, 0.25) is 0 Å². The minimum Gasteiger partial charge on any atom is -0.464 e. The number of hydrogen-bond donors (Lipinski definition) is 1. The zero-order chi connectivity index (χ0) is 27.2. The molecule has 0 saturated carbocycles. The van der Waals surface area contributed by atoms with Gasteiger partial charge in [0.25, 0.3) is 0 Å². The second kappa shape index (κ2) is 12.2. The number of hydrogen-bond acceptors (Lipinski definition) is 7. The van der Waals surface area contributed by atoms with Gasteiger partial charge < -0.3 is 19.7 Å². The minimum absolute atomic E-state index is 0.0648. The van der Waals surface area contributed by atoms with Crippen LogP contribution in [0.25, 0.3) is 0 Å². The molecule has 1 aliphatic heterocycles. The van der Waals surface area contributed by atoms with E-state index in [2.05, 4.69) is 5.32 Å². The van der Waals surface area contributed by atoms with Crippen molar-refractivity contribution in [2.75, 3.05) is 27.2 Å². The molecule has 10 nitrogen and oxygen atoms in total. The lowest BCUT2D eigenvalue weighted by molar-refractivity contribution is -0.147. The Kier molecular flexibility index (Phi) is 9.28. The summed E-state index contributed by atoms with van der Waals surface area (Å²) < 4.78 is 38.1. The predicted octanol–water partition coefficient (Wildman–Crippen LogP) is 2.50. The molecular weight excluding hydrogens is 498 g/mol. The largest absolute Gasteiger partial charge is 0.464 e. The van der Waals surface area contributed by atoms with Crippen LogP contribution in [-0.4, -0.2) is 74.9 Å². The van der Waals surface area contributed by atoms with Gasteiger partial charge in [-0.15, -0.1) is 0 Å². The lowest BCUT2D eigenvalue weighted by atomic mass is 10.0. The number of benzene rings is 2. The van der Waals surface area contributed by atoms with Crippen LogP contribution < -0.4 is 10.1 Å². The smallest absolute Gasteiger partial charge is 0.414 e. The van der Waals surface area contributed by atoms with Gasteiger partial charge in [-0.2, -0.15) is 4.31 Å². The van der Waals surface area contributed by atoms with Crippen LogP contribution in [0.15, 0.2) is 53.4 Å². The second-order valence-electron chi connectivity index (χ2n) is 9.01. The molecule has 1 N–H and O–H groups in total. The van der Waals surface area contributed by atoms with E-state index in [0.717, 1.165) is 5.56 Å². The number of carbonyl (C=O) groups is 3. The molecule has 2 aromatic rings. The summed E-state index contributed by atoms with van der Waals surface area (Å²) in [6.45, 7) is 3.84. The van der Waals surface area contributed by atoms with Crippen molar-refractivity contribution in [1.82, 2.24) is 14.5 Å². The third-order valence-electron chi connectivity index (χ3n) is 5.93. The average Bonchev–Trinajstić information content (AvgIpc) is 3.35. The molecule has 2 aromatic carbocycles. The first kappa shape index (κ1) is 28.1. The topological polar surface area (TPSA) is 122 Å². The standard InChI is InChI=1S/C26H33N3O7S/c1-5-35-25(31)22(17-19-8-6-9-20(16-19)36-26(32)28(3)4)27-24(30)23-10-7-15-29(23)37(33,34)21-13-11-18(2)12-14-21/h6,8-9,11-14,16,22-23H,5,7,10,15,17H2,1-4H3,(H,27,30)/t22-,23-/m0/s1. The van der Waals surface area contributed by atoms with E-state index < -0.39 is 40.1 Å². The number of esters is 1. The average molecular weight is 532 g/mol. The zero-order valence-electron chi connectivity index (χ0n) is 21.5. The Morgan fingerprint density at radius 1 is 1.14 bits per heavy atom. The summed E-state index contributed by atoms with van der Waals surface area (Å²) in [7, 11) is -0.776. The normalized spacial score (nSPS) is 16.6. The Morgan fingerprint density at radius 2 is 1.84 bits per heavy atom. The fraction of sp³-hybridized carbons (Fsp3) is 0.423. The third kappa shape index (κ3) is 7.07. The lowest BCUT2D eigenvalue weighted by Gasteiger charge is -2.25. The van der Waals surface area contributed by atoms with Crippen molar-refractivity contribution >= 4 is 28.0 Å². The SMILES string of the molecule is CCOC(=O)[C@H](Cc1cccc(OC(=O)N(C)C)c1)NC(=O)[C@@H]1CCCN1S(=O)(=O)c1ccc(C)cc1. The molecule has 2 atom stereocenters. The summed E-state index contributed by atoms with van der Waals surface area (Å²) in [5.41, 5.74) is 1.55. The number of aryl methyl sites for hydroxylation is 1. The van der Waals surface area contributed by atoms with Crippen molar-refractivity contribution in [1.29, 1.82) is 0 Å². The van der Waals surface area contributed by atoms with Crippen LogP contribution in [0.1, 0.15) is 30.9 Å². The maximum atomic E-state index is 13.3. The minimum atomic E-state index is -3.90. The first-order valence-electron chi connectivity index (χ1n) is 12.1. The van der Waals surface area contributed by atoms with Gasteiger partial charge in [0.1, 0.15) is 17.8 Å². The Balaban J connectivity index is 1.78. The van der Waals surface area contributed by atoms with E-state index in [-0.39, 0.29) is 30.2 Å². The number of amides is 2. The van der Waals surface area contributed by atoms with E-state index in [9.17, 15) is 22.8 Å². The fourth-order valence-electron chi connectivity index (χ4n) is 4.00. The van der Waals surface area contributed by atoms with Gasteiger partial charge in [0.2, 0.25) is 15.9 Å². The lowest BCUT2D eigenvalue weighted by Crippen LogP contribution is -2.51.